The van der Waals surface area contributed by atoms with Crippen molar-refractivity contribution in [1.82, 2.24) is 4.90 Å². The van der Waals surface area contributed by atoms with E-state index in [4.69, 9.17) is 15.6 Å². The molecule has 0 fully saturated rings. The zero-order valence-corrected chi connectivity index (χ0v) is 8.03. The number of nitrogens with zero attached hydrogens (tertiary/aromatic N) is 1. The van der Waals surface area contributed by atoms with E-state index in [2.05, 4.69) is 0 Å². The highest BCUT2D eigenvalue weighted by Crippen LogP contribution is 1.89. The Labute approximate surface area is 78.5 Å². The second-order valence-electron chi connectivity index (χ2n) is 2.54. The van der Waals surface area contributed by atoms with Gasteiger partial charge >= 0.3 is 0 Å². The summed E-state index contributed by atoms with van der Waals surface area (Å²) in [5.74, 6) is -0.106. The van der Waals surface area contributed by atoms with Gasteiger partial charge in [-0.3, -0.25) is 4.79 Å². The number of aliphatic hydroxyl groups excluding tert-OH is 1. The fourth-order valence-corrected chi connectivity index (χ4v) is 0.914. The third-order valence-corrected chi connectivity index (χ3v) is 1.59. The maximum Gasteiger partial charge on any atom is 0.248 e. The van der Waals surface area contributed by atoms with E-state index in [0.717, 1.165) is 0 Å². The number of nitrogens with two attached hydrogens (primary N) is 1. The molecular formula is C8H18N2O3. The van der Waals surface area contributed by atoms with E-state index < -0.39 is 0 Å². The minimum absolute atomic E-state index is 0.0174. The molecular weight excluding hydrogens is 172 g/mol. The molecule has 0 radical (unpaired) electrons. The third-order valence-electron chi connectivity index (χ3n) is 1.59. The quantitative estimate of drug-likeness (QED) is 0.495. The zero-order chi connectivity index (χ0) is 10.1. The Morgan fingerprint density at radius 1 is 1.62 bits per heavy atom. The van der Waals surface area contributed by atoms with Gasteiger partial charge in [-0.05, 0) is 6.92 Å². The molecule has 0 atom stereocenters. The number of ether oxygens (including phenoxy) is 1. The van der Waals surface area contributed by atoms with Crippen molar-refractivity contribution in [2.24, 2.45) is 5.73 Å². The molecule has 0 aliphatic heterocycles. The normalized spacial score (nSPS) is 10.1. The molecule has 78 valence electrons. The lowest BCUT2D eigenvalue weighted by atomic mass is 10.4. The maximum absolute atomic E-state index is 11.3. The Kier molecular flexibility index (Phi) is 7.57. The summed E-state index contributed by atoms with van der Waals surface area (Å²) in [6.45, 7) is 3.65. The van der Waals surface area contributed by atoms with Crippen LogP contribution in [0.5, 0.6) is 0 Å². The van der Waals surface area contributed by atoms with Gasteiger partial charge < -0.3 is 20.5 Å². The molecule has 3 N–H and O–H groups in total. The standard InChI is InChI=1S/C8H18N2O3/c1-2-10(4-5-11)8(12)7-13-6-3-9/h11H,2-7,9H2,1H3. The summed E-state index contributed by atoms with van der Waals surface area (Å²) in [6, 6.07) is 0. The van der Waals surface area contributed by atoms with Crippen LogP contribution in [0.1, 0.15) is 6.92 Å². The Bertz CT molecular complexity index is 141. The Morgan fingerprint density at radius 2 is 2.31 bits per heavy atom. The first-order valence-corrected chi connectivity index (χ1v) is 4.42. The van der Waals surface area contributed by atoms with Crippen LogP contribution in [-0.4, -0.2) is 55.4 Å². The van der Waals surface area contributed by atoms with Gasteiger partial charge in [-0.15, -0.1) is 0 Å². The molecule has 0 rings (SSSR count). The lowest BCUT2D eigenvalue weighted by Gasteiger charge is -2.19. The number of hydrogen-bond acceptors (Lipinski definition) is 4. The SMILES string of the molecule is CCN(CCO)C(=O)COCCN. The number of rotatable bonds is 7. The molecule has 5 heteroatoms. The number of amides is 1. The van der Waals surface area contributed by atoms with E-state index in [0.29, 0.717) is 26.2 Å². The number of aliphatic hydroxyl groups is 1. The molecule has 0 aliphatic carbocycles. The monoisotopic (exact) mass is 190 g/mol. The molecule has 0 bridgehead atoms. The first-order valence-electron chi connectivity index (χ1n) is 4.42. The molecule has 0 saturated carbocycles. The zero-order valence-electron chi connectivity index (χ0n) is 8.03. The van der Waals surface area contributed by atoms with Gasteiger partial charge in [-0.25, -0.2) is 0 Å². The maximum atomic E-state index is 11.3. The molecule has 1 amide bonds. The van der Waals surface area contributed by atoms with Gasteiger partial charge in [-0.1, -0.05) is 0 Å². The van der Waals surface area contributed by atoms with E-state index in [9.17, 15) is 4.79 Å². The van der Waals surface area contributed by atoms with E-state index in [1.54, 1.807) is 0 Å². The Morgan fingerprint density at radius 3 is 2.77 bits per heavy atom. The van der Waals surface area contributed by atoms with Crippen LogP contribution >= 0.6 is 0 Å². The molecule has 0 unspecified atom stereocenters. The summed E-state index contributed by atoms with van der Waals surface area (Å²) in [5.41, 5.74) is 5.19. The Hall–Kier alpha value is -0.650. The van der Waals surface area contributed by atoms with Crippen LogP contribution in [-0.2, 0) is 9.53 Å². The van der Waals surface area contributed by atoms with Gasteiger partial charge in [0.2, 0.25) is 5.91 Å². The minimum Gasteiger partial charge on any atom is -0.395 e. The highest BCUT2D eigenvalue weighted by atomic mass is 16.5. The summed E-state index contributed by atoms with van der Waals surface area (Å²) >= 11 is 0. The van der Waals surface area contributed by atoms with E-state index in [1.807, 2.05) is 6.92 Å². The van der Waals surface area contributed by atoms with E-state index in [1.165, 1.54) is 4.90 Å². The molecule has 13 heavy (non-hydrogen) atoms. The molecule has 0 aromatic heterocycles. The van der Waals surface area contributed by atoms with Crippen molar-refractivity contribution < 1.29 is 14.6 Å². The summed E-state index contributed by atoms with van der Waals surface area (Å²) in [4.78, 5) is 12.8. The summed E-state index contributed by atoms with van der Waals surface area (Å²) in [5, 5.41) is 8.63. The van der Waals surface area contributed by atoms with Gasteiger partial charge in [0, 0.05) is 19.6 Å². The predicted octanol–water partition coefficient (Wildman–Crippen LogP) is -1.20. The van der Waals surface area contributed by atoms with Gasteiger partial charge in [0.1, 0.15) is 6.61 Å². The van der Waals surface area contributed by atoms with E-state index in [-0.39, 0.29) is 19.1 Å². The van der Waals surface area contributed by atoms with Crippen LogP contribution in [0.15, 0.2) is 0 Å². The van der Waals surface area contributed by atoms with Crippen LogP contribution in [0.2, 0.25) is 0 Å². The smallest absolute Gasteiger partial charge is 0.248 e. The molecule has 0 aromatic rings. The average molecular weight is 190 g/mol. The van der Waals surface area contributed by atoms with Gasteiger partial charge in [0.05, 0.1) is 13.2 Å². The first-order chi connectivity index (χ1) is 6.26. The van der Waals surface area contributed by atoms with Crippen molar-refractivity contribution in [3.8, 4) is 0 Å². The van der Waals surface area contributed by atoms with Crippen LogP contribution in [0.25, 0.3) is 0 Å². The molecule has 0 aliphatic rings. The second-order valence-corrected chi connectivity index (χ2v) is 2.54. The predicted molar refractivity (Wildman–Crippen MR) is 49.2 cm³/mol. The van der Waals surface area contributed by atoms with Crippen LogP contribution < -0.4 is 5.73 Å². The highest BCUT2D eigenvalue weighted by Gasteiger charge is 2.09. The number of carbonyl (C=O) groups excluding carboxylic acids is 1. The minimum atomic E-state index is -0.106. The van der Waals surface area contributed by atoms with Crippen molar-refractivity contribution in [3.05, 3.63) is 0 Å². The van der Waals surface area contributed by atoms with Gasteiger partial charge in [-0.2, -0.15) is 0 Å². The van der Waals surface area contributed by atoms with Crippen LogP contribution in [0.4, 0.5) is 0 Å². The molecule has 0 saturated heterocycles. The van der Waals surface area contributed by atoms with Crippen LogP contribution in [0.3, 0.4) is 0 Å². The average Bonchev–Trinajstić information content (AvgIpc) is 2.14. The molecule has 0 heterocycles. The lowest BCUT2D eigenvalue weighted by Crippen LogP contribution is -2.36. The topological polar surface area (TPSA) is 75.8 Å². The van der Waals surface area contributed by atoms with E-state index >= 15 is 0 Å². The first kappa shape index (κ1) is 12.3. The highest BCUT2D eigenvalue weighted by molar-refractivity contribution is 5.77. The third kappa shape index (κ3) is 5.57. The van der Waals surface area contributed by atoms with Crippen molar-refractivity contribution in [2.45, 2.75) is 6.92 Å². The Balaban J connectivity index is 3.64. The van der Waals surface area contributed by atoms with Crippen molar-refractivity contribution in [1.29, 1.82) is 0 Å². The van der Waals surface area contributed by atoms with Crippen molar-refractivity contribution >= 4 is 5.91 Å². The lowest BCUT2D eigenvalue weighted by molar-refractivity contribution is -0.136. The van der Waals surface area contributed by atoms with Crippen molar-refractivity contribution in [2.75, 3.05) is 39.5 Å². The number of likely N-dealkylation sites (N-methyl/N-ethyl adjacent to an activating group) is 1. The van der Waals surface area contributed by atoms with Gasteiger partial charge in [0.15, 0.2) is 0 Å². The molecule has 0 aromatic carbocycles. The fourth-order valence-electron chi connectivity index (χ4n) is 0.914. The largest absolute Gasteiger partial charge is 0.395 e. The summed E-state index contributed by atoms with van der Waals surface area (Å²) in [6.07, 6.45) is 0. The molecule has 0 spiro atoms. The van der Waals surface area contributed by atoms with Crippen LogP contribution in [0, 0.1) is 0 Å². The number of carbonyl (C=O) groups is 1. The van der Waals surface area contributed by atoms with Crippen molar-refractivity contribution in [3.63, 3.8) is 0 Å². The van der Waals surface area contributed by atoms with Gasteiger partial charge in [0.25, 0.3) is 0 Å². The fraction of sp³-hybridized carbons (Fsp3) is 0.875. The molecule has 5 nitrogen and oxygen atoms in total. The number of hydrogen-bond donors (Lipinski definition) is 2. The summed E-state index contributed by atoms with van der Waals surface area (Å²) < 4.78 is 4.98. The second kappa shape index (κ2) is 7.97. The summed E-state index contributed by atoms with van der Waals surface area (Å²) in [7, 11) is 0.